The number of carboxylic acids is 1. The van der Waals surface area contributed by atoms with Crippen molar-refractivity contribution < 1.29 is 127 Å². The summed E-state index contributed by atoms with van der Waals surface area (Å²) in [6, 6.07) is 31.0. The molecule has 0 spiro atoms. The molecule has 37 heteroatoms. The van der Waals surface area contributed by atoms with E-state index >= 15 is 28.8 Å². The Labute approximate surface area is 762 Å². The van der Waals surface area contributed by atoms with Gasteiger partial charge >= 0.3 is 12.1 Å². The summed E-state index contributed by atoms with van der Waals surface area (Å²) in [5.74, 6) is -17.5. The fraction of sp³-hybridized carbons (Fsp3) is 0.316. The number of alkyl carbamates (subject to hydrolysis) is 1. The molecule has 0 saturated carbocycles. The summed E-state index contributed by atoms with van der Waals surface area (Å²) in [5, 5.41) is 142. The number of ether oxygens (including phenoxy) is 7. The summed E-state index contributed by atoms with van der Waals surface area (Å²) in [4.78, 5) is 135. The number of aliphatic hydroxyl groups excluding tert-OH is 6. The van der Waals surface area contributed by atoms with Crippen LogP contribution in [0.4, 0.5) is 4.79 Å². The number of rotatable bonds is 18. The van der Waals surface area contributed by atoms with Gasteiger partial charge in [-0.05, 0) is 158 Å². The van der Waals surface area contributed by atoms with Crippen LogP contribution in [0.15, 0.2) is 182 Å². The molecule has 10 aromatic rings. The van der Waals surface area contributed by atoms with E-state index in [0.29, 0.717) is 0 Å². The van der Waals surface area contributed by atoms with Gasteiger partial charge in [0.25, 0.3) is 0 Å². The van der Waals surface area contributed by atoms with Crippen molar-refractivity contribution in [1.82, 2.24) is 42.5 Å². The zero-order valence-electron chi connectivity index (χ0n) is 70.9. The van der Waals surface area contributed by atoms with E-state index in [-0.39, 0.29) is 48.6 Å². The maximum Gasteiger partial charge on any atom is 0.407 e. The lowest BCUT2D eigenvalue weighted by Gasteiger charge is -2.48. The summed E-state index contributed by atoms with van der Waals surface area (Å²) in [7, 11) is 0. The molecule has 8 amide bonds. The second-order valence-corrected chi connectivity index (χ2v) is 34.8. The maximum absolute atomic E-state index is 16.5. The van der Waals surface area contributed by atoms with E-state index in [2.05, 4.69) is 48.6 Å². The van der Waals surface area contributed by atoms with Crippen molar-refractivity contribution in [3.05, 3.63) is 237 Å². The number of hydrogen-bond acceptors (Lipinski definition) is 26. The average Bonchev–Trinajstić information content (AvgIpc) is 1.43. The molecule has 2 fully saturated rings. The average molecular weight is 1850 g/mol. The van der Waals surface area contributed by atoms with Crippen LogP contribution in [-0.4, -0.2) is 197 Å². The molecule has 0 aromatic heterocycles. The lowest BCUT2D eigenvalue weighted by Crippen LogP contribution is -2.65. The van der Waals surface area contributed by atoms with Gasteiger partial charge in [0.05, 0.1) is 35.3 Å². The number of aromatic hydroxyl groups is 3. The van der Waals surface area contributed by atoms with Crippen LogP contribution in [0.3, 0.4) is 0 Å². The molecule has 688 valence electrons. The van der Waals surface area contributed by atoms with Crippen molar-refractivity contribution in [2.24, 2.45) is 11.7 Å². The monoisotopic (exact) mass is 1850 g/mol. The fourth-order valence-corrected chi connectivity index (χ4v) is 18.3. The number of amides is 8. The highest BCUT2D eigenvalue weighted by molar-refractivity contribution is 6.32. The third-order valence-corrected chi connectivity index (χ3v) is 25.2. The predicted molar refractivity (Wildman–Crippen MR) is 473 cm³/mol. The molecular formula is C95H93Cl2N9O26. The van der Waals surface area contributed by atoms with E-state index in [0.717, 1.165) is 116 Å². The molecule has 8 aliphatic rings. The molecule has 35 nitrogen and oxygen atoms in total. The van der Waals surface area contributed by atoms with Crippen molar-refractivity contribution in [2.75, 3.05) is 13.2 Å². The number of hydrogen-bond donors (Lipinski definition) is 19. The van der Waals surface area contributed by atoms with Gasteiger partial charge in [-0.3, -0.25) is 33.6 Å². The first kappa shape index (κ1) is 92.0. The minimum atomic E-state index is -2.43. The maximum atomic E-state index is 16.5. The van der Waals surface area contributed by atoms with Gasteiger partial charge in [0, 0.05) is 47.2 Å². The Morgan fingerprint density at radius 1 is 0.606 bits per heavy atom. The van der Waals surface area contributed by atoms with Crippen LogP contribution in [0.1, 0.15) is 128 Å². The highest BCUT2D eigenvalue weighted by Gasteiger charge is 2.53. The molecule has 10 aromatic carbocycles. The molecule has 7 heterocycles. The minimum Gasteiger partial charge on any atom is -0.508 e. The number of fused-ring (bicyclic) bond motifs is 20. The molecule has 7 aliphatic heterocycles. The largest absolute Gasteiger partial charge is 0.508 e. The van der Waals surface area contributed by atoms with Crippen LogP contribution >= 0.6 is 23.2 Å². The number of aliphatic carboxylic acids is 1. The Hall–Kier alpha value is -13.3. The van der Waals surface area contributed by atoms with Gasteiger partial charge in [0.1, 0.15) is 102 Å². The molecule has 18 atom stereocenters. The van der Waals surface area contributed by atoms with Crippen LogP contribution in [-0.2, 0) is 63.8 Å². The Morgan fingerprint density at radius 3 is 1.81 bits per heavy atom. The smallest absolute Gasteiger partial charge is 0.407 e. The highest BCUT2D eigenvalue weighted by atomic mass is 35.5. The molecule has 0 unspecified atom stereocenters. The molecule has 18 rings (SSSR count). The van der Waals surface area contributed by atoms with Crippen molar-refractivity contribution in [2.45, 2.75) is 169 Å². The number of carbonyl (C=O) groups is 9. The topological polar surface area (TPSA) is 543 Å². The van der Waals surface area contributed by atoms with Crippen LogP contribution in [0.25, 0.3) is 43.8 Å². The lowest BCUT2D eigenvalue weighted by atomic mass is 9.84. The summed E-state index contributed by atoms with van der Waals surface area (Å²) in [6.45, 7) is 5.78. The summed E-state index contributed by atoms with van der Waals surface area (Å²) >= 11 is 14.5. The standard InChI is InChI=1S/C95H93Cl2N9O26/c1-41(2)27-62(101-94(125)126-40-59-54-19-11-9-17-52(54)53-18-10-12-20-55(53)59)86(117)105-77-79(112)46-22-25-66(60(96)30-46)128-68-32-48-33-69(83(68)132-93-84(82(115)81(114)70(39-107)130-93)131-72-37-95(4,85(116)42(3)127-72)99-38-58-50-15-7-5-13-43(50)28-44-14-6-8-16-51(44)58)129-67-26-23-47(31-61(67)97)80(113)78-91(122)104-76(92(123)124)57-34-49(108)35-65(110)73(57)56-29-45(21-24-64(56)109)74(88(119)106-78)103-89(120)75(48)102-87(118)63(36-71(98)111)100-90(77)121/h5-26,28-35,41-42,59,62-63,70,72,74-82,84-85,93,99,107-110,112-116H,27,36-40H2,1-4H3,(H2,98,111)(H,100,121)(H,101,125)(H,102,118)(H,103,120)(H,104,122)(H,105,117)(H,106,119)(H,123,124)/t42-,62+,63-,70+,72-,74+,75+,76-,77+,78-,79+,80+,81+,82-,84+,85+,93-,95-/m0/s1. The number of carbonyl (C=O) groups excluding carboxylic acids is 8. The van der Waals surface area contributed by atoms with Crippen molar-refractivity contribution in [3.8, 4) is 68.2 Å². The second kappa shape index (κ2) is 37.9. The van der Waals surface area contributed by atoms with E-state index < -0.39 is 260 Å². The van der Waals surface area contributed by atoms with Gasteiger partial charge in [-0.15, -0.1) is 0 Å². The number of primary amides is 1. The van der Waals surface area contributed by atoms with E-state index in [1.54, 1.807) is 27.7 Å². The van der Waals surface area contributed by atoms with Gasteiger partial charge in [0.15, 0.2) is 29.9 Å². The third-order valence-electron chi connectivity index (χ3n) is 24.6. The van der Waals surface area contributed by atoms with Gasteiger partial charge in [-0.25, -0.2) is 9.59 Å². The Kier molecular flexibility index (Phi) is 26.4. The van der Waals surface area contributed by atoms with Gasteiger partial charge in [-0.1, -0.05) is 152 Å². The number of phenols is 3. The van der Waals surface area contributed by atoms with E-state index in [1.165, 1.54) is 12.1 Å². The normalized spacial score (nSPS) is 25.6. The number of benzene rings is 10. The molecular weight excluding hydrogens is 1750 g/mol. The van der Waals surface area contributed by atoms with Crippen LogP contribution in [0.5, 0.6) is 46.0 Å². The third kappa shape index (κ3) is 18.6. The van der Waals surface area contributed by atoms with Crippen molar-refractivity contribution in [3.63, 3.8) is 0 Å². The van der Waals surface area contributed by atoms with E-state index in [9.17, 15) is 65.4 Å². The van der Waals surface area contributed by atoms with Crippen molar-refractivity contribution >= 4 is 98.2 Å². The Morgan fingerprint density at radius 2 is 1.20 bits per heavy atom. The molecule has 20 N–H and O–H groups in total. The van der Waals surface area contributed by atoms with Crippen LogP contribution < -0.4 is 62.5 Å². The van der Waals surface area contributed by atoms with E-state index in [4.69, 9.17) is 62.1 Å². The number of nitrogens with one attached hydrogen (secondary N) is 8. The van der Waals surface area contributed by atoms with Gasteiger partial charge < -0.3 is 132 Å². The lowest BCUT2D eigenvalue weighted by molar-refractivity contribution is -0.334. The minimum absolute atomic E-state index is 0.121. The number of phenolic OH excluding ortho intramolecular Hbond substituents is 3. The van der Waals surface area contributed by atoms with Crippen LogP contribution in [0, 0.1) is 5.92 Å². The highest BCUT2D eigenvalue weighted by Crippen LogP contribution is 2.51. The summed E-state index contributed by atoms with van der Waals surface area (Å²) in [6.07, 6.45) is -20.6. The second-order valence-electron chi connectivity index (χ2n) is 34.0. The molecule has 0 radical (unpaired) electrons. The molecule has 11 bridgehead atoms. The van der Waals surface area contributed by atoms with Crippen LogP contribution in [0.2, 0.25) is 10.0 Å². The number of nitrogens with two attached hydrogens (primary N) is 1. The van der Waals surface area contributed by atoms with E-state index in [1.807, 2.05) is 97.1 Å². The van der Waals surface area contributed by atoms with Gasteiger partial charge in [-0.2, -0.15) is 0 Å². The quantitative estimate of drug-likeness (QED) is 0.0368. The molecule has 2 saturated heterocycles. The zero-order valence-corrected chi connectivity index (χ0v) is 72.4. The first-order valence-electron chi connectivity index (χ1n) is 42.4. The summed E-state index contributed by atoms with van der Waals surface area (Å²) < 4.78 is 45.9. The summed E-state index contributed by atoms with van der Waals surface area (Å²) in [5.41, 5.74) is 6.04. The molecule has 132 heavy (non-hydrogen) atoms. The Bertz CT molecular complexity index is 6150. The number of aliphatic hydroxyl groups is 6. The first-order valence-corrected chi connectivity index (χ1v) is 43.1. The first-order chi connectivity index (χ1) is 63.1. The zero-order chi connectivity index (χ0) is 93.7. The fourth-order valence-electron chi connectivity index (χ4n) is 17.9. The van der Waals surface area contributed by atoms with Gasteiger partial charge in [0.2, 0.25) is 53.4 Å². The number of carboxylic acid groups (broad SMARTS) is 1. The predicted octanol–water partition coefficient (Wildman–Crippen LogP) is 7.56. The molecule has 1 aliphatic carbocycles. The Balaban J connectivity index is 0.829. The van der Waals surface area contributed by atoms with Crippen molar-refractivity contribution in [1.29, 1.82) is 0 Å². The SMILES string of the molecule is CC(C)C[C@@H](NC(=O)OCC1c2ccccc2-c2ccccc21)C(=O)N[C@H]1C(=O)N[C@@H](CC(N)=O)C(=O)N[C@H]2C(=O)N[C@H]3C(=O)N[C@H](C(=O)N[C@H](C(=O)O)c4cc(O)cc(O)c4-c4cc3ccc4O)[C@H](O)c3ccc(c(Cl)c3)Oc3cc2cc(c3O[C@@H]2O[C@H](CO)[C@@H](O)[C@H](O)[C@H]2O[C@H]2C[C@](C)(NCc3c4ccccc4cc4ccccc34)[C@H](O)[C@H](C)O2)Oc2ccc(cc2Cl)[C@H]1O. The number of halogens is 2.